The quantitative estimate of drug-likeness (QED) is 0.246. The summed E-state index contributed by atoms with van der Waals surface area (Å²) < 4.78 is 65.2. The fourth-order valence-corrected chi connectivity index (χ4v) is 2.99. The van der Waals surface area contributed by atoms with Crippen LogP contribution in [0.2, 0.25) is 0 Å². The number of carbonyl (C=O) groups is 3. The molecule has 0 radical (unpaired) electrons. The lowest BCUT2D eigenvalue weighted by Crippen LogP contribution is -2.21. The number of pyridine rings is 1. The van der Waals surface area contributed by atoms with Crippen LogP contribution >= 0.6 is 0 Å². The summed E-state index contributed by atoms with van der Waals surface area (Å²) in [6.07, 6.45) is -4.68. The summed E-state index contributed by atoms with van der Waals surface area (Å²) in [5.41, 5.74) is 9.81. The Labute approximate surface area is 227 Å². The number of primary amides is 1. The van der Waals surface area contributed by atoms with E-state index >= 15 is 0 Å². The zero-order chi connectivity index (χ0) is 30.8. The van der Waals surface area contributed by atoms with Gasteiger partial charge in [-0.15, -0.1) is 0 Å². The van der Waals surface area contributed by atoms with E-state index in [0.717, 1.165) is 24.2 Å². The lowest BCUT2D eigenvalue weighted by atomic mass is 10.1. The summed E-state index contributed by atoms with van der Waals surface area (Å²) in [5, 5.41) is 23.1. The molecule has 0 spiro atoms. The minimum absolute atomic E-state index is 0.434. The molecule has 10 nitrogen and oxygen atoms in total. The molecule has 218 valence electrons. The van der Waals surface area contributed by atoms with Gasteiger partial charge in [-0.2, -0.15) is 31.4 Å². The number of nitrogens with two attached hydrogens (primary N) is 1. The molecule has 0 unspecified atom stereocenters. The highest BCUT2D eigenvalue weighted by Gasteiger charge is 2.38. The van der Waals surface area contributed by atoms with Gasteiger partial charge in [0, 0.05) is 37.1 Å². The van der Waals surface area contributed by atoms with Crippen LogP contribution in [0.25, 0.3) is 16.6 Å². The minimum atomic E-state index is -5.08. The van der Waals surface area contributed by atoms with Gasteiger partial charge in [0.1, 0.15) is 5.52 Å². The fourth-order valence-electron chi connectivity index (χ4n) is 2.99. The van der Waals surface area contributed by atoms with Crippen LogP contribution in [-0.2, 0) is 22.7 Å². The third-order valence-electron chi connectivity index (χ3n) is 4.90. The molecule has 41 heavy (non-hydrogen) atoms. The monoisotopic (exact) mass is 585 g/mol. The summed E-state index contributed by atoms with van der Waals surface area (Å²) in [5.74, 6) is -5.98. The van der Waals surface area contributed by atoms with E-state index in [9.17, 15) is 31.1 Å². The average molecular weight is 585 g/mol. The number of hydrogen-bond acceptors (Lipinski definition) is 6. The van der Waals surface area contributed by atoms with Gasteiger partial charge in [-0.3, -0.25) is 9.78 Å². The largest absolute Gasteiger partial charge is 0.490 e. The molecule has 1 amide bonds. The van der Waals surface area contributed by atoms with Crippen molar-refractivity contribution in [1.82, 2.24) is 20.1 Å². The predicted octanol–water partition coefficient (Wildman–Crippen LogP) is 4.08. The Kier molecular flexibility index (Phi) is 10.9. The lowest BCUT2D eigenvalue weighted by molar-refractivity contribution is -0.193. The highest BCUT2D eigenvalue weighted by atomic mass is 19.4. The van der Waals surface area contributed by atoms with Crippen molar-refractivity contribution in [2.45, 2.75) is 25.4 Å². The number of aliphatic carboxylic acids is 2. The van der Waals surface area contributed by atoms with Crippen molar-refractivity contribution in [2.24, 2.45) is 5.73 Å². The molecule has 0 aliphatic heterocycles. The van der Waals surface area contributed by atoms with Crippen LogP contribution in [0.15, 0.2) is 73.2 Å². The number of benzene rings is 2. The van der Waals surface area contributed by atoms with Crippen LogP contribution in [0.3, 0.4) is 0 Å². The minimum Gasteiger partial charge on any atom is -0.475 e. The Balaban J connectivity index is 0.000000349. The van der Waals surface area contributed by atoms with Crippen LogP contribution in [0.4, 0.5) is 26.3 Å². The Morgan fingerprint density at radius 1 is 0.805 bits per heavy atom. The molecule has 2 heterocycles. The standard InChI is InChI=1S/C21H19N5O.2C2HF3O2/c22-21(27)19-3-1-2-17-14-26(25-20(17)19)18-6-4-15(5-7-18)12-24-13-16-8-10-23-11-9-16;2*3-2(4,5)1(6)7/h1-11,14,24H,12-13H2,(H2,22,27);2*(H,6,7). The molecule has 0 saturated carbocycles. The molecule has 2 aromatic heterocycles. The zero-order valence-electron chi connectivity index (χ0n) is 20.6. The SMILES string of the molecule is NC(=O)c1cccc2cn(-c3ccc(CNCc4ccncc4)cc3)nc12.O=C(O)C(F)(F)F.O=C(O)C(F)(F)F. The van der Waals surface area contributed by atoms with Gasteiger partial charge >= 0.3 is 24.3 Å². The van der Waals surface area contributed by atoms with Crippen molar-refractivity contribution in [3.05, 3.63) is 89.9 Å². The maximum atomic E-state index is 11.6. The molecule has 2 aromatic carbocycles. The summed E-state index contributed by atoms with van der Waals surface area (Å²) in [6, 6.07) is 17.6. The lowest BCUT2D eigenvalue weighted by Gasteiger charge is -2.06. The fraction of sp³-hybridized carbons (Fsp3) is 0.160. The average Bonchev–Trinajstić information content (AvgIpc) is 3.34. The van der Waals surface area contributed by atoms with Crippen LogP contribution in [0, 0.1) is 0 Å². The number of carboxylic acids is 2. The first-order chi connectivity index (χ1) is 19.1. The molecule has 16 heteroatoms. The molecule has 0 aliphatic rings. The molecule has 0 atom stereocenters. The van der Waals surface area contributed by atoms with Gasteiger partial charge in [0.2, 0.25) is 0 Å². The number of nitrogens with zero attached hydrogens (tertiary/aromatic N) is 3. The van der Waals surface area contributed by atoms with Crippen molar-refractivity contribution in [2.75, 3.05) is 0 Å². The molecule has 0 aliphatic carbocycles. The van der Waals surface area contributed by atoms with E-state index in [2.05, 4.69) is 27.5 Å². The zero-order valence-corrected chi connectivity index (χ0v) is 20.6. The topological polar surface area (TPSA) is 160 Å². The van der Waals surface area contributed by atoms with Crippen molar-refractivity contribution >= 4 is 28.7 Å². The molecule has 0 fully saturated rings. The second kappa shape index (κ2) is 13.9. The summed E-state index contributed by atoms with van der Waals surface area (Å²) in [4.78, 5) is 33.4. The summed E-state index contributed by atoms with van der Waals surface area (Å²) >= 11 is 0. The van der Waals surface area contributed by atoms with Gasteiger partial charge in [0.25, 0.3) is 5.91 Å². The molecule has 4 rings (SSSR count). The number of fused-ring (bicyclic) bond motifs is 1. The Morgan fingerprint density at radius 2 is 1.29 bits per heavy atom. The van der Waals surface area contributed by atoms with E-state index in [1.165, 1.54) is 11.1 Å². The third kappa shape index (κ3) is 10.2. The second-order valence-corrected chi connectivity index (χ2v) is 7.91. The van der Waals surface area contributed by atoms with Crippen LogP contribution < -0.4 is 11.1 Å². The Bertz CT molecular complexity index is 1450. The first-order valence-electron chi connectivity index (χ1n) is 11.2. The normalized spacial score (nSPS) is 11.1. The highest BCUT2D eigenvalue weighted by molar-refractivity contribution is 6.04. The Morgan fingerprint density at radius 3 is 1.76 bits per heavy atom. The summed E-state index contributed by atoms with van der Waals surface area (Å²) in [7, 11) is 0. The molecule has 4 aromatic rings. The van der Waals surface area contributed by atoms with Crippen LogP contribution in [0.5, 0.6) is 0 Å². The van der Waals surface area contributed by atoms with Gasteiger partial charge in [0.05, 0.1) is 11.3 Å². The highest BCUT2D eigenvalue weighted by Crippen LogP contribution is 2.20. The van der Waals surface area contributed by atoms with E-state index in [1.54, 1.807) is 23.1 Å². The van der Waals surface area contributed by atoms with Gasteiger partial charge in [-0.05, 0) is 41.5 Å². The molecular weight excluding hydrogens is 564 g/mol. The number of amides is 1. The molecule has 0 saturated heterocycles. The number of rotatable bonds is 6. The van der Waals surface area contributed by atoms with Gasteiger partial charge in [-0.25, -0.2) is 14.3 Å². The van der Waals surface area contributed by atoms with Crippen LogP contribution in [0.1, 0.15) is 21.5 Å². The maximum Gasteiger partial charge on any atom is 0.490 e. The van der Waals surface area contributed by atoms with Gasteiger partial charge in [-0.1, -0.05) is 24.3 Å². The van der Waals surface area contributed by atoms with Crippen molar-refractivity contribution in [3.63, 3.8) is 0 Å². The van der Waals surface area contributed by atoms with Crippen LogP contribution in [-0.4, -0.2) is 55.2 Å². The molecule has 0 bridgehead atoms. The van der Waals surface area contributed by atoms with Crippen molar-refractivity contribution in [3.8, 4) is 5.69 Å². The number of halogens is 6. The van der Waals surface area contributed by atoms with E-state index < -0.39 is 30.2 Å². The Hall–Kier alpha value is -4.99. The summed E-state index contributed by atoms with van der Waals surface area (Å²) in [6.45, 7) is 1.57. The molecule has 5 N–H and O–H groups in total. The van der Waals surface area contributed by atoms with Gasteiger partial charge in [0.15, 0.2) is 0 Å². The van der Waals surface area contributed by atoms with E-state index in [1.807, 2.05) is 42.6 Å². The predicted molar refractivity (Wildman–Crippen MR) is 132 cm³/mol. The third-order valence-corrected chi connectivity index (χ3v) is 4.90. The first-order valence-corrected chi connectivity index (χ1v) is 11.2. The second-order valence-electron chi connectivity index (χ2n) is 7.91. The first kappa shape index (κ1) is 32.2. The number of hydrogen-bond donors (Lipinski definition) is 4. The van der Waals surface area contributed by atoms with E-state index in [0.29, 0.717) is 11.1 Å². The van der Waals surface area contributed by atoms with Crippen molar-refractivity contribution in [1.29, 1.82) is 0 Å². The molecular formula is C25H21F6N5O5. The number of nitrogens with one attached hydrogen (secondary N) is 1. The number of carbonyl (C=O) groups excluding carboxylic acids is 1. The van der Waals surface area contributed by atoms with E-state index in [-0.39, 0.29) is 0 Å². The van der Waals surface area contributed by atoms with E-state index in [4.69, 9.17) is 25.5 Å². The van der Waals surface area contributed by atoms with Crippen molar-refractivity contribution < 1.29 is 50.9 Å². The number of aromatic nitrogens is 3. The smallest absolute Gasteiger partial charge is 0.475 e. The number of alkyl halides is 6. The van der Waals surface area contributed by atoms with Gasteiger partial charge < -0.3 is 21.3 Å². The number of carboxylic acid groups (broad SMARTS) is 2. The maximum absolute atomic E-state index is 11.6.